The predicted molar refractivity (Wildman–Crippen MR) is 118 cm³/mol. The van der Waals surface area contributed by atoms with E-state index in [1.807, 2.05) is 31.2 Å². The number of carbonyl (C=O) groups is 2. The Balaban J connectivity index is 1.90. The van der Waals surface area contributed by atoms with Gasteiger partial charge in [-0.05, 0) is 77.4 Å². The lowest BCUT2D eigenvalue weighted by Crippen LogP contribution is -2.34. The van der Waals surface area contributed by atoms with Crippen molar-refractivity contribution in [2.45, 2.75) is 19.8 Å². The molecule has 0 radical (unpaired) electrons. The average Bonchev–Trinajstić information content (AvgIpc) is 2.68. The Bertz CT molecular complexity index is 856. The molecule has 2 aromatic carbocycles. The minimum absolute atomic E-state index is 0.00650. The molecule has 6 nitrogen and oxygen atoms in total. The van der Waals surface area contributed by atoms with Crippen LogP contribution < -0.4 is 20.7 Å². The zero-order chi connectivity index (χ0) is 20.5. The smallest absolute Gasteiger partial charge is 0.257 e. The highest BCUT2D eigenvalue weighted by Crippen LogP contribution is 2.26. The number of nitrogens with one attached hydrogen (secondary N) is 3. The van der Waals surface area contributed by atoms with Gasteiger partial charge in [0, 0.05) is 24.7 Å². The third kappa shape index (κ3) is 6.61. The van der Waals surface area contributed by atoms with Crippen LogP contribution in [0.15, 0.2) is 46.9 Å². The minimum atomic E-state index is -0.316. The van der Waals surface area contributed by atoms with Crippen molar-refractivity contribution >= 4 is 50.8 Å². The standard InChI is InChI=1S/C20H22BrN3O3S/c1-3-27-17-10-7-14(12-16(17)21)19(26)24-20(28)23-15-8-4-13(5-9-15)6-11-18(25)22-2/h4-5,7-10,12H,3,6,11H2,1-2H3,(H,22,25)(H2,23,24,26,28). The average molecular weight is 464 g/mol. The van der Waals surface area contributed by atoms with Crippen LogP contribution in [0.4, 0.5) is 5.69 Å². The molecule has 0 aliphatic carbocycles. The molecule has 3 N–H and O–H groups in total. The molecule has 0 saturated heterocycles. The monoisotopic (exact) mass is 463 g/mol. The molecule has 28 heavy (non-hydrogen) atoms. The predicted octanol–water partition coefficient (Wildman–Crippen LogP) is 3.65. The number of carbonyl (C=O) groups excluding carboxylic acids is 2. The van der Waals surface area contributed by atoms with Crippen molar-refractivity contribution in [1.82, 2.24) is 10.6 Å². The summed E-state index contributed by atoms with van der Waals surface area (Å²) in [5.74, 6) is 0.367. The fourth-order valence-electron chi connectivity index (χ4n) is 2.39. The van der Waals surface area contributed by atoms with Crippen molar-refractivity contribution in [3.8, 4) is 5.75 Å². The number of hydrogen-bond acceptors (Lipinski definition) is 4. The lowest BCUT2D eigenvalue weighted by Gasteiger charge is -2.11. The Morgan fingerprint density at radius 2 is 1.86 bits per heavy atom. The van der Waals surface area contributed by atoms with Gasteiger partial charge < -0.3 is 15.4 Å². The first-order valence-corrected chi connectivity index (χ1v) is 9.97. The van der Waals surface area contributed by atoms with Crippen LogP contribution in [0.3, 0.4) is 0 Å². The number of rotatable bonds is 7. The largest absolute Gasteiger partial charge is 0.493 e. The molecule has 0 fully saturated rings. The summed E-state index contributed by atoms with van der Waals surface area (Å²) < 4.78 is 6.14. The van der Waals surface area contributed by atoms with Crippen LogP contribution in [0.2, 0.25) is 0 Å². The maximum atomic E-state index is 12.4. The Kier molecular flexibility index (Phi) is 8.41. The number of anilines is 1. The van der Waals surface area contributed by atoms with Crippen LogP contribution in [0.25, 0.3) is 0 Å². The number of aryl methyl sites for hydroxylation is 1. The van der Waals surface area contributed by atoms with Crippen molar-refractivity contribution in [2.75, 3.05) is 19.0 Å². The van der Waals surface area contributed by atoms with Gasteiger partial charge >= 0.3 is 0 Å². The molecule has 0 unspecified atom stereocenters. The minimum Gasteiger partial charge on any atom is -0.493 e. The van der Waals surface area contributed by atoms with E-state index in [-0.39, 0.29) is 16.9 Å². The SMILES string of the molecule is CCOc1ccc(C(=O)NC(=S)Nc2ccc(CCC(=O)NC)cc2)cc1Br. The fraction of sp³-hybridized carbons (Fsp3) is 0.250. The summed E-state index contributed by atoms with van der Waals surface area (Å²) in [5, 5.41) is 8.43. The van der Waals surface area contributed by atoms with Crippen molar-refractivity contribution in [1.29, 1.82) is 0 Å². The van der Waals surface area contributed by atoms with Gasteiger partial charge in [-0.15, -0.1) is 0 Å². The molecule has 0 bridgehead atoms. The zero-order valence-electron chi connectivity index (χ0n) is 15.7. The van der Waals surface area contributed by atoms with Gasteiger partial charge in [0.1, 0.15) is 5.75 Å². The highest BCUT2D eigenvalue weighted by Gasteiger charge is 2.11. The van der Waals surface area contributed by atoms with E-state index >= 15 is 0 Å². The van der Waals surface area contributed by atoms with E-state index in [1.54, 1.807) is 25.2 Å². The van der Waals surface area contributed by atoms with Gasteiger partial charge in [0.15, 0.2) is 5.11 Å². The summed E-state index contributed by atoms with van der Waals surface area (Å²) in [5.41, 5.74) is 2.26. The van der Waals surface area contributed by atoms with E-state index in [2.05, 4.69) is 31.9 Å². The van der Waals surface area contributed by atoms with Gasteiger partial charge in [0.25, 0.3) is 5.91 Å². The molecule has 0 aliphatic rings. The third-order valence-corrected chi connectivity index (χ3v) is 4.68. The second kappa shape index (κ2) is 10.8. The van der Waals surface area contributed by atoms with Gasteiger partial charge in [-0.3, -0.25) is 14.9 Å². The van der Waals surface area contributed by atoms with Crippen LogP contribution in [0.1, 0.15) is 29.3 Å². The Labute approximate surface area is 178 Å². The molecule has 2 aromatic rings. The highest BCUT2D eigenvalue weighted by atomic mass is 79.9. The molecule has 148 valence electrons. The summed E-state index contributed by atoms with van der Waals surface area (Å²) in [6.45, 7) is 2.44. The van der Waals surface area contributed by atoms with Crippen LogP contribution in [-0.4, -0.2) is 30.6 Å². The third-order valence-electron chi connectivity index (χ3n) is 3.85. The van der Waals surface area contributed by atoms with Crippen molar-refractivity contribution in [3.63, 3.8) is 0 Å². The number of ether oxygens (including phenoxy) is 1. The normalized spacial score (nSPS) is 10.1. The number of thiocarbonyl (C=S) groups is 1. The van der Waals surface area contributed by atoms with Crippen LogP contribution in [0, 0.1) is 0 Å². The lowest BCUT2D eigenvalue weighted by molar-refractivity contribution is -0.120. The molecule has 2 amide bonds. The number of benzene rings is 2. The topological polar surface area (TPSA) is 79.5 Å². The molecule has 8 heteroatoms. The van der Waals surface area contributed by atoms with E-state index in [0.29, 0.717) is 35.2 Å². The Morgan fingerprint density at radius 3 is 2.46 bits per heavy atom. The summed E-state index contributed by atoms with van der Waals surface area (Å²) in [4.78, 5) is 23.7. The Hall–Kier alpha value is -2.45. The van der Waals surface area contributed by atoms with Gasteiger partial charge in [-0.25, -0.2) is 0 Å². The van der Waals surface area contributed by atoms with Crippen LogP contribution in [-0.2, 0) is 11.2 Å². The van der Waals surface area contributed by atoms with E-state index in [0.717, 1.165) is 11.3 Å². The van der Waals surface area contributed by atoms with Gasteiger partial charge in [-0.2, -0.15) is 0 Å². The number of amides is 2. The molecular formula is C20H22BrN3O3S. The first-order chi connectivity index (χ1) is 13.4. The summed E-state index contributed by atoms with van der Waals surface area (Å²) in [6, 6.07) is 12.6. The van der Waals surface area contributed by atoms with Crippen molar-refractivity contribution in [2.24, 2.45) is 0 Å². The number of halogens is 1. The first kappa shape index (κ1) is 21.8. The van der Waals surface area contributed by atoms with Gasteiger partial charge in [-0.1, -0.05) is 12.1 Å². The molecular weight excluding hydrogens is 442 g/mol. The second-order valence-corrected chi connectivity index (χ2v) is 7.12. The van der Waals surface area contributed by atoms with Crippen LogP contribution in [0.5, 0.6) is 5.75 Å². The van der Waals surface area contributed by atoms with Crippen molar-refractivity contribution < 1.29 is 14.3 Å². The second-order valence-electron chi connectivity index (χ2n) is 5.86. The zero-order valence-corrected chi connectivity index (χ0v) is 18.1. The van der Waals surface area contributed by atoms with Gasteiger partial charge in [0.2, 0.25) is 5.91 Å². The van der Waals surface area contributed by atoms with Crippen LogP contribution >= 0.6 is 28.1 Å². The van der Waals surface area contributed by atoms with E-state index in [1.165, 1.54) is 0 Å². The first-order valence-electron chi connectivity index (χ1n) is 8.77. The molecule has 0 heterocycles. The quantitative estimate of drug-likeness (QED) is 0.546. The Morgan fingerprint density at radius 1 is 1.14 bits per heavy atom. The summed E-state index contributed by atoms with van der Waals surface area (Å²) in [7, 11) is 1.62. The molecule has 0 saturated carbocycles. The molecule has 0 aliphatic heterocycles. The highest BCUT2D eigenvalue weighted by molar-refractivity contribution is 9.10. The molecule has 0 spiro atoms. The van der Waals surface area contributed by atoms with E-state index < -0.39 is 0 Å². The number of hydrogen-bond donors (Lipinski definition) is 3. The summed E-state index contributed by atoms with van der Waals surface area (Å²) >= 11 is 8.60. The van der Waals surface area contributed by atoms with E-state index in [4.69, 9.17) is 17.0 Å². The summed E-state index contributed by atoms with van der Waals surface area (Å²) in [6.07, 6.45) is 1.10. The maximum absolute atomic E-state index is 12.4. The van der Waals surface area contributed by atoms with E-state index in [9.17, 15) is 9.59 Å². The molecule has 2 rings (SSSR count). The van der Waals surface area contributed by atoms with Gasteiger partial charge in [0.05, 0.1) is 11.1 Å². The molecule has 0 aromatic heterocycles. The fourth-order valence-corrected chi connectivity index (χ4v) is 3.09. The maximum Gasteiger partial charge on any atom is 0.257 e. The van der Waals surface area contributed by atoms with Crippen molar-refractivity contribution in [3.05, 3.63) is 58.1 Å². The molecule has 0 atom stereocenters. The lowest BCUT2D eigenvalue weighted by atomic mass is 10.1.